The van der Waals surface area contributed by atoms with Crippen LogP contribution in [0.15, 0.2) is 0 Å². The highest BCUT2D eigenvalue weighted by molar-refractivity contribution is 6.16. The van der Waals surface area contributed by atoms with E-state index < -0.39 is 17.6 Å². The molecule has 1 fully saturated rings. The Morgan fingerprint density at radius 1 is 1.56 bits per heavy atom. The summed E-state index contributed by atoms with van der Waals surface area (Å²) in [5, 5.41) is 0. The average Bonchev–Trinajstić information content (AvgIpc) is 1.87. The van der Waals surface area contributed by atoms with Crippen LogP contribution in [-0.2, 0) is 14.3 Å². The third-order valence-electron chi connectivity index (χ3n) is 1.32. The van der Waals surface area contributed by atoms with Gasteiger partial charge in [-0.2, -0.15) is 0 Å². The molecule has 0 aromatic rings. The zero-order valence-corrected chi connectivity index (χ0v) is 4.81. The van der Waals surface area contributed by atoms with Gasteiger partial charge in [0.05, 0.1) is 0 Å². The molecule has 0 atom stereocenters. The van der Waals surface area contributed by atoms with Crippen LogP contribution in [0.25, 0.3) is 0 Å². The van der Waals surface area contributed by atoms with Gasteiger partial charge in [0.2, 0.25) is 0 Å². The molecule has 0 spiro atoms. The van der Waals surface area contributed by atoms with E-state index >= 15 is 0 Å². The van der Waals surface area contributed by atoms with Gasteiger partial charge in [-0.1, -0.05) is 6.92 Å². The van der Waals surface area contributed by atoms with E-state index in [-0.39, 0.29) is 6.42 Å². The maximum atomic E-state index is 12.6. The van der Waals surface area contributed by atoms with Crippen molar-refractivity contribution in [3.63, 3.8) is 0 Å². The minimum atomic E-state index is -2.32. The lowest BCUT2D eigenvalue weighted by molar-refractivity contribution is -0.199. The van der Waals surface area contributed by atoms with Crippen LogP contribution in [0.3, 0.4) is 0 Å². The molecule has 0 saturated carbocycles. The highest BCUT2D eigenvalue weighted by Crippen LogP contribution is 2.28. The van der Waals surface area contributed by atoms with Crippen molar-refractivity contribution >= 4 is 11.9 Å². The average molecular weight is 132 g/mol. The van der Waals surface area contributed by atoms with Crippen LogP contribution in [-0.4, -0.2) is 17.6 Å². The molecule has 0 amide bonds. The van der Waals surface area contributed by atoms with Crippen molar-refractivity contribution in [2.24, 2.45) is 0 Å². The Balaban J connectivity index is 2.78. The number of halogens is 1. The predicted octanol–water partition coefficient (Wildman–Crippen LogP) is 0.188. The number of carbonyl (C=O) groups excluding carboxylic acids is 2. The molecule has 3 nitrogen and oxygen atoms in total. The fourth-order valence-electron chi connectivity index (χ4n) is 0.572. The number of alkyl halides is 1. The second kappa shape index (κ2) is 1.52. The van der Waals surface area contributed by atoms with Crippen molar-refractivity contribution in [3.05, 3.63) is 0 Å². The molecule has 1 aliphatic heterocycles. The van der Waals surface area contributed by atoms with Crippen molar-refractivity contribution in [3.8, 4) is 0 Å². The smallest absolute Gasteiger partial charge is 0.363 e. The van der Waals surface area contributed by atoms with Gasteiger partial charge in [0.1, 0.15) is 0 Å². The van der Waals surface area contributed by atoms with Crippen molar-refractivity contribution in [2.45, 2.75) is 19.0 Å². The zero-order valence-electron chi connectivity index (χ0n) is 4.81. The van der Waals surface area contributed by atoms with E-state index in [4.69, 9.17) is 0 Å². The second-order valence-electron chi connectivity index (χ2n) is 1.83. The van der Waals surface area contributed by atoms with E-state index in [1.54, 1.807) is 0 Å². The van der Waals surface area contributed by atoms with E-state index in [0.717, 1.165) is 0 Å². The number of cyclic esters (lactones) is 2. The van der Waals surface area contributed by atoms with Gasteiger partial charge in [0, 0.05) is 6.42 Å². The molecular formula is C5H5FO3. The minimum Gasteiger partial charge on any atom is -0.387 e. The summed E-state index contributed by atoms with van der Waals surface area (Å²) in [6.45, 7) is 1.42. The van der Waals surface area contributed by atoms with Crippen LogP contribution in [0.2, 0.25) is 0 Å². The first kappa shape index (κ1) is 6.19. The summed E-state index contributed by atoms with van der Waals surface area (Å²) in [7, 11) is 0. The summed E-state index contributed by atoms with van der Waals surface area (Å²) in [6, 6.07) is 0. The van der Waals surface area contributed by atoms with Gasteiger partial charge in [-0.3, -0.25) is 0 Å². The third kappa shape index (κ3) is 0.557. The fraction of sp³-hybridized carbons (Fsp3) is 0.600. The Morgan fingerprint density at radius 3 is 2.11 bits per heavy atom. The Kier molecular flexibility index (Phi) is 1.05. The first-order valence-electron chi connectivity index (χ1n) is 2.57. The van der Waals surface area contributed by atoms with Crippen molar-refractivity contribution in [1.29, 1.82) is 0 Å². The van der Waals surface area contributed by atoms with Gasteiger partial charge in [-0.15, -0.1) is 0 Å². The summed E-state index contributed by atoms with van der Waals surface area (Å²) < 4.78 is 16.4. The van der Waals surface area contributed by atoms with Gasteiger partial charge >= 0.3 is 17.6 Å². The van der Waals surface area contributed by atoms with Crippen molar-refractivity contribution in [1.82, 2.24) is 0 Å². The fourth-order valence-corrected chi connectivity index (χ4v) is 0.572. The number of ether oxygens (including phenoxy) is 1. The molecule has 1 heterocycles. The van der Waals surface area contributed by atoms with E-state index in [2.05, 4.69) is 4.74 Å². The molecule has 9 heavy (non-hydrogen) atoms. The van der Waals surface area contributed by atoms with Crippen molar-refractivity contribution in [2.75, 3.05) is 0 Å². The Morgan fingerprint density at radius 2 is 2.00 bits per heavy atom. The van der Waals surface area contributed by atoms with Crippen LogP contribution in [0.1, 0.15) is 13.3 Å². The second-order valence-corrected chi connectivity index (χ2v) is 1.83. The predicted molar refractivity (Wildman–Crippen MR) is 25.2 cm³/mol. The number of hydrogen-bond acceptors (Lipinski definition) is 3. The van der Waals surface area contributed by atoms with Gasteiger partial charge in [-0.05, 0) is 0 Å². The summed E-state index contributed by atoms with van der Waals surface area (Å²) in [6.07, 6.45) is -0.134. The molecule has 50 valence electrons. The first-order chi connectivity index (χ1) is 4.11. The maximum Gasteiger partial charge on any atom is 0.363 e. The molecule has 1 rings (SSSR count). The molecule has 1 saturated heterocycles. The summed E-state index contributed by atoms with van der Waals surface area (Å²) in [5.41, 5.74) is -2.32. The largest absolute Gasteiger partial charge is 0.387 e. The molecule has 0 N–H and O–H groups in total. The Labute approximate surface area is 50.8 Å². The van der Waals surface area contributed by atoms with Crippen LogP contribution < -0.4 is 0 Å². The highest BCUT2D eigenvalue weighted by Gasteiger charge is 2.58. The SMILES string of the molecule is CCC1(F)C(=O)OC1=O. The topological polar surface area (TPSA) is 43.4 Å². The first-order valence-corrected chi connectivity index (χ1v) is 2.57. The Bertz CT molecular complexity index is 161. The number of esters is 2. The van der Waals surface area contributed by atoms with E-state index in [0.29, 0.717) is 0 Å². The maximum absolute atomic E-state index is 12.6. The monoisotopic (exact) mass is 132 g/mol. The molecule has 0 unspecified atom stereocenters. The molecular weight excluding hydrogens is 127 g/mol. The molecule has 1 aliphatic rings. The third-order valence-corrected chi connectivity index (χ3v) is 1.32. The highest BCUT2D eigenvalue weighted by atomic mass is 19.1. The Hall–Kier alpha value is -0.930. The van der Waals surface area contributed by atoms with Crippen molar-refractivity contribution < 1.29 is 18.7 Å². The standard InChI is InChI=1S/C5H5FO3/c1-2-5(6)3(7)9-4(5)8/h2H2,1H3. The lowest BCUT2D eigenvalue weighted by Gasteiger charge is -2.26. The number of rotatable bonds is 1. The lowest BCUT2D eigenvalue weighted by atomic mass is 9.99. The molecule has 0 aromatic heterocycles. The van der Waals surface area contributed by atoms with E-state index in [9.17, 15) is 14.0 Å². The summed E-state index contributed by atoms with van der Waals surface area (Å²) in [5.74, 6) is -2.12. The summed E-state index contributed by atoms with van der Waals surface area (Å²) >= 11 is 0. The number of carbonyl (C=O) groups is 2. The van der Waals surface area contributed by atoms with Crippen LogP contribution in [0.5, 0.6) is 0 Å². The van der Waals surface area contributed by atoms with Gasteiger partial charge < -0.3 is 4.74 Å². The zero-order chi connectivity index (χ0) is 7.07. The van der Waals surface area contributed by atoms with Gasteiger partial charge in [0.15, 0.2) is 0 Å². The van der Waals surface area contributed by atoms with Gasteiger partial charge in [-0.25, -0.2) is 14.0 Å². The quantitative estimate of drug-likeness (QED) is 0.377. The molecule has 0 radical (unpaired) electrons. The minimum absolute atomic E-state index is 0.134. The van der Waals surface area contributed by atoms with Gasteiger partial charge in [0.25, 0.3) is 0 Å². The van der Waals surface area contributed by atoms with Crippen LogP contribution >= 0.6 is 0 Å². The van der Waals surface area contributed by atoms with Crippen LogP contribution in [0, 0.1) is 0 Å². The molecule has 0 aliphatic carbocycles. The lowest BCUT2D eigenvalue weighted by Crippen LogP contribution is -2.55. The molecule has 0 bridgehead atoms. The normalized spacial score (nSPS) is 22.9. The summed E-state index contributed by atoms with van der Waals surface area (Å²) in [4.78, 5) is 20.4. The van der Waals surface area contributed by atoms with E-state index in [1.165, 1.54) is 6.92 Å². The molecule has 4 heteroatoms. The van der Waals surface area contributed by atoms with Crippen LogP contribution in [0.4, 0.5) is 4.39 Å². The number of hydrogen-bond donors (Lipinski definition) is 0. The molecule has 0 aromatic carbocycles. The van der Waals surface area contributed by atoms with E-state index in [1.807, 2.05) is 0 Å².